The molecular formula is C21H27N5O5. The number of furan rings is 1. The van der Waals surface area contributed by atoms with E-state index in [9.17, 15) is 14.4 Å². The fourth-order valence-electron chi connectivity index (χ4n) is 3.96. The maximum absolute atomic E-state index is 13.0. The van der Waals surface area contributed by atoms with Gasteiger partial charge in [0, 0.05) is 63.7 Å². The topological polar surface area (TPSA) is 110 Å². The maximum Gasteiger partial charge on any atom is 0.274 e. The second-order valence-corrected chi connectivity index (χ2v) is 7.72. The van der Waals surface area contributed by atoms with Gasteiger partial charge in [-0.25, -0.2) is 0 Å². The molecule has 0 saturated carbocycles. The zero-order valence-electron chi connectivity index (χ0n) is 17.6. The minimum Gasteiger partial charge on any atom is -0.467 e. The average molecular weight is 429 g/mol. The van der Waals surface area contributed by atoms with Crippen molar-refractivity contribution in [3.63, 3.8) is 0 Å². The zero-order valence-corrected chi connectivity index (χ0v) is 17.6. The smallest absolute Gasteiger partial charge is 0.274 e. The standard InChI is InChI=1S/C21H27N5O5/c1-24-17-6-7-26(19(28)5-4-18(27)22-13-15-3-2-10-31-15)14-16(17)20(23-24)21(29)25-8-11-30-12-9-25/h2-3,10H,4-9,11-14H2,1H3,(H,22,27). The highest BCUT2D eigenvalue weighted by atomic mass is 16.5. The van der Waals surface area contributed by atoms with Crippen molar-refractivity contribution < 1.29 is 23.5 Å². The lowest BCUT2D eigenvalue weighted by Gasteiger charge is -2.29. The zero-order chi connectivity index (χ0) is 21.8. The van der Waals surface area contributed by atoms with Gasteiger partial charge in [-0.1, -0.05) is 0 Å². The summed E-state index contributed by atoms with van der Waals surface area (Å²) in [7, 11) is 1.83. The summed E-state index contributed by atoms with van der Waals surface area (Å²) in [5.41, 5.74) is 2.20. The Morgan fingerprint density at radius 1 is 1.13 bits per heavy atom. The van der Waals surface area contributed by atoms with Gasteiger partial charge in [0.1, 0.15) is 5.76 Å². The molecule has 166 valence electrons. The molecule has 10 nitrogen and oxygen atoms in total. The second kappa shape index (κ2) is 9.34. The van der Waals surface area contributed by atoms with Crippen LogP contribution in [0, 0.1) is 0 Å². The summed E-state index contributed by atoms with van der Waals surface area (Å²) in [5, 5.41) is 7.20. The SMILES string of the molecule is Cn1nc(C(=O)N2CCOCC2)c2c1CCN(C(=O)CCC(=O)NCc1ccco1)C2. The van der Waals surface area contributed by atoms with Gasteiger partial charge in [0.2, 0.25) is 11.8 Å². The highest BCUT2D eigenvalue weighted by Gasteiger charge is 2.31. The minimum atomic E-state index is -0.202. The molecule has 3 amide bonds. The summed E-state index contributed by atoms with van der Waals surface area (Å²) in [5.74, 6) is 0.239. The Balaban J connectivity index is 1.34. The first-order valence-electron chi connectivity index (χ1n) is 10.5. The number of ether oxygens (including phenoxy) is 1. The third-order valence-corrected chi connectivity index (χ3v) is 5.70. The van der Waals surface area contributed by atoms with Gasteiger partial charge in [-0.05, 0) is 12.1 Å². The number of carbonyl (C=O) groups excluding carboxylic acids is 3. The van der Waals surface area contributed by atoms with Crippen LogP contribution in [0.25, 0.3) is 0 Å². The number of amides is 3. The van der Waals surface area contributed by atoms with Crippen molar-refractivity contribution in [3.8, 4) is 0 Å². The van der Waals surface area contributed by atoms with E-state index in [2.05, 4.69) is 10.4 Å². The third kappa shape index (κ3) is 4.79. The molecule has 31 heavy (non-hydrogen) atoms. The summed E-state index contributed by atoms with van der Waals surface area (Å²) < 4.78 is 12.2. The molecule has 0 aromatic carbocycles. The van der Waals surface area contributed by atoms with Crippen LogP contribution >= 0.6 is 0 Å². The quantitative estimate of drug-likeness (QED) is 0.715. The van der Waals surface area contributed by atoms with Crippen molar-refractivity contribution >= 4 is 17.7 Å². The Morgan fingerprint density at radius 2 is 1.94 bits per heavy atom. The maximum atomic E-state index is 13.0. The number of aryl methyl sites for hydroxylation is 1. The normalized spacial score (nSPS) is 16.2. The van der Waals surface area contributed by atoms with Crippen LogP contribution in [0.15, 0.2) is 22.8 Å². The fraction of sp³-hybridized carbons (Fsp3) is 0.524. The molecule has 1 N–H and O–H groups in total. The molecule has 1 saturated heterocycles. The van der Waals surface area contributed by atoms with Gasteiger partial charge in [0.05, 0.1) is 26.0 Å². The number of aromatic nitrogens is 2. The number of nitrogens with zero attached hydrogens (tertiary/aromatic N) is 4. The minimum absolute atomic E-state index is 0.104. The van der Waals surface area contributed by atoms with E-state index < -0.39 is 0 Å². The average Bonchev–Trinajstić information content (AvgIpc) is 3.44. The van der Waals surface area contributed by atoms with Crippen LogP contribution < -0.4 is 5.32 Å². The number of fused-ring (bicyclic) bond motifs is 1. The Bertz CT molecular complexity index is 946. The molecule has 0 bridgehead atoms. The van der Waals surface area contributed by atoms with E-state index in [1.807, 2.05) is 7.05 Å². The van der Waals surface area contributed by atoms with Gasteiger partial charge >= 0.3 is 0 Å². The fourth-order valence-corrected chi connectivity index (χ4v) is 3.96. The summed E-state index contributed by atoms with van der Waals surface area (Å²) in [6.07, 6.45) is 2.40. The monoisotopic (exact) mass is 429 g/mol. The molecule has 4 rings (SSSR count). The molecule has 0 radical (unpaired) electrons. The molecule has 1 fully saturated rings. The van der Waals surface area contributed by atoms with Crippen molar-refractivity contribution in [3.05, 3.63) is 41.1 Å². The van der Waals surface area contributed by atoms with E-state index in [4.69, 9.17) is 9.15 Å². The lowest BCUT2D eigenvalue weighted by Crippen LogP contribution is -2.42. The van der Waals surface area contributed by atoms with Crippen LogP contribution in [0.4, 0.5) is 0 Å². The number of nitrogens with one attached hydrogen (secondary N) is 1. The Labute approximate surface area is 180 Å². The van der Waals surface area contributed by atoms with Crippen LogP contribution in [0.1, 0.15) is 40.3 Å². The van der Waals surface area contributed by atoms with E-state index in [0.29, 0.717) is 63.8 Å². The summed E-state index contributed by atoms with van der Waals surface area (Å²) in [4.78, 5) is 41.2. The van der Waals surface area contributed by atoms with Gasteiger partial charge in [-0.15, -0.1) is 0 Å². The van der Waals surface area contributed by atoms with Crippen molar-refractivity contribution in [1.29, 1.82) is 0 Å². The van der Waals surface area contributed by atoms with Gasteiger partial charge < -0.3 is 24.3 Å². The van der Waals surface area contributed by atoms with Crippen LogP contribution in [0.3, 0.4) is 0 Å². The lowest BCUT2D eigenvalue weighted by molar-refractivity contribution is -0.134. The lowest BCUT2D eigenvalue weighted by atomic mass is 10.0. The van der Waals surface area contributed by atoms with E-state index in [1.54, 1.807) is 32.9 Å². The van der Waals surface area contributed by atoms with E-state index in [-0.39, 0.29) is 30.6 Å². The molecule has 4 heterocycles. The highest BCUT2D eigenvalue weighted by molar-refractivity contribution is 5.94. The van der Waals surface area contributed by atoms with Crippen LogP contribution in [0.5, 0.6) is 0 Å². The number of rotatable bonds is 6. The number of carbonyl (C=O) groups is 3. The molecule has 2 aliphatic rings. The van der Waals surface area contributed by atoms with Crippen molar-refractivity contribution in [2.75, 3.05) is 32.8 Å². The second-order valence-electron chi connectivity index (χ2n) is 7.72. The first-order chi connectivity index (χ1) is 15.0. The van der Waals surface area contributed by atoms with Crippen molar-refractivity contribution in [2.24, 2.45) is 7.05 Å². The van der Waals surface area contributed by atoms with Gasteiger partial charge in [0.25, 0.3) is 5.91 Å². The van der Waals surface area contributed by atoms with Gasteiger partial charge in [-0.2, -0.15) is 5.10 Å². The van der Waals surface area contributed by atoms with E-state index >= 15 is 0 Å². The molecular weight excluding hydrogens is 402 g/mol. The predicted molar refractivity (Wildman–Crippen MR) is 109 cm³/mol. The molecule has 0 spiro atoms. The number of morpholine rings is 1. The Hall–Kier alpha value is -3.14. The van der Waals surface area contributed by atoms with Crippen LogP contribution in [-0.4, -0.2) is 70.1 Å². The summed E-state index contributed by atoms with van der Waals surface area (Å²) in [6, 6.07) is 3.53. The molecule has 2 aromatic heterocycles. The molecule has 0 unspecified atom stereocenters. The first kappa shape index (κ1) is 21.1. The molecule has 2 aromatic rings. The number of hydrogen-bond acceptors (Lipinski definition) is 6. The number of hydrogen-bond donors (Lipinski definition) is 1. The van der Waals surface area contributed by atoms with Crippen LogP contribution in [0.2, 0.25) is 0 Å². The molecule has 0 aliphatic carbocycles. The molecule has 0 atom stereocenters. The van der Waals surface area contributed by atoms with Crippen molar-refractivity contribution in [2.45, 2.75) is 32.4 Å². The van der Waals surface area contributed by atoms with E-state index in [1.165, 1.54) is 0 Å². The Kier molecular flexibility index (Phi) is 6.36. The van der Waals surface area contributed by atoms with Crippen molar-refractivity contribution in [1.82, 2.24) is 24.9 Å². The summed E-state index contributed by atoms with van der Waals surface area (Å²) in [6.45, 7) is 3.31. The van der Waals surface area contributed by atoms with E-state index in [0.717, 1.165) is 11.3 Å². The Morgan fingerprint density at radius 3 is 2.68 bits per heavy atom. The van der Waals surface area contributed by atoms with Gasteiger partial charge in [0.15, 0.2) is 5.69 Å². The molecule has 2 aliphatic heterocycles. The van der Waals surface area contributed by atoms with Crippen LogP contribution in [-0.2, 0) is 40.9 Å². The van der Waals surface area contributed by atoms with Gasteiger partial charge in [-0.3, -0.25) is 19.1 Å². The molecule has 10 heteroatoms. The third-order valence-electron chi connectivity index (χ3n) is 5.70. The highest BCUT2D eigenvalue weighted by Crippen LogP contribution is 2.24. The predicted octanol–water partition coefficient (Wildman–Crippen LogP) is 0.467. The summed E-state index contributed by atoms with van der Waals surface area (Å²) >= 11 is 0. The first-order valence-corrected chi connectivity index (χ1v) is 10.5. The largest absolute Gasteiger partial charge is 0.467 e.